The Morgan fingerprint density at radius 3 is 2.71 bits per heavy atom. The van der Waals surface area contributed by atoms with Crippen LogP contribution in [0.5, 0.6) is 5.75 Å². The van der Waals surface area contributed by atoms with E-state index in [9.17, 15) is 14.7 Å². The van der Waals surface area contributed by atoms with Gasteiger partial charge in [-0.05, 0) is 62.1 Å². The maximum atomic E-state index is 13.2. The number of Topliss-reactive ketones (excluding diaryl/α,β-unsaturated/α-hetero) is 1. The number of unbranched alkanes of at least 4 members (excludes halogenated alkanes) is 2. The van der Waals surface area contributed by atoms with Crippen molar-refractivity contribution in [2.24, 2.45) is 7.05 Å². The molecule has 0 spiro atoms. The molecule has 1 atom stereocenters. The molecule has 1 aliphatic rings. The predicted octanol–water partition coefficient (Wildman–Crippen LogP) is 3.86. The first-order valence-electron chi connectivity index (χ1n) is 11.6. The fourth-order valence-electron chi connectivity index (χ4n) is 3.64. The summed E-state index contributed by atoms with van der Waals surface area (Å²) < 4.78 is 17.4. The molecule has 1 aliphatic carbocycles. The Labute approximate surface area is 210 Å². The average molecular weight is 501 g/mol. The van der Waals surface area contributed by atoms with Crippen LogP contribution >= 0.6 is 11.8 Å². The number of imidazole rings is 1. The minimum absolute atomic E-state index is 0.104. The highest BCUT2D eigenvalue weighted by Crippen LogP contribution is 2.41. The minimum Gasteiger partial charge on any atom is -0.494 e. The van der Waals surface area contributed by atoms with Crippen LogP contribution in [0.2, 0.25) is 0 Å². The number of thioether (sulfide) groups is 1. The molecule has 0 bridgehead atoms. The van der Waals surface area contributed by atoms with Gasteiger partial charge in [-0.1, -0.05) is 24.3 Å². The number of nitrogens with zero attached hydrogens (tertiary/aromatic N) is 2. The Hall–Kier alpha value is -2.88. The summed E-state index contributed by atoms with van der Waals surface area (Å²) in [6.45, 7) is 0.779. The number of aliphatic hydroxyl groups is 1. The number of ether oxygens (including phenoxy) is 3. The highest BCUT2D eigenvalue weighted by Gasteiger charge is 2.41. The highest BCUT2D eigenvalue weighted by atomic mass is 32.2. The number of methoxy groups -OCH3 is 1. The van der Waals surface area contributed by atoms with E-state index in [4.69, 9.17) is 9.47 Å². The number of hydrogen-bond donors (Lipinski definition) is 1. The van der Waals surface area contributed by atoms with Crippen LogP contribution in [0.4, 0.5) is 0 Å². The van der Waals surface area contributed by atoms with Gasteiger partial charge in [0.25, 0.3) is 0 Å². The van der Waals surface area contributed by atoms with Gasteiger partial charge in [0.2, 0.25) is 0 Å². The number of para-hydroxylation sites is 1. The Bertz CT molecular complexity index is 1050. The van der Waals surface area contributed by atoms with Crippen LogP contribution in [0, 0.1) is 0 Å². The number of benzene rings is 1. The second-order valence-corrected chi connectivity index (χ2v) is 9.20. The van der Waals surface area contributed by atoms with E-state index in [1.54, 1.807) is 18.3 Å². The second-order valence-electron chi connectivity index (χ2n) is 8.19. The second kappa shape index (κ2) is 13.3. The normalized spacial score (nSPS) is 18.7. The smallest absolute Gasteiger partial charge is 0.331 e. The maximum absolute atomic E-state index is 13.2. The number of aromatic nitrogens is 2. The van der Waals surface area contributed by atoms with Crippen molar-refractivity contribution < 1.29 is 28.9 Å². The number of aryl methyl sites for hydroxylation is 1. The molecule has 35 heavy (non-hydrogen) atoms. The van der Waals surface area contributed by atoms with E-state index in [-0.39, 0.29) is 12.4 Å². The lowest BCUT2D eigenvalue weighted by molar-refractivity contribution is -0.145. The molecule has 0 fully saturated rings. The first-order valence-corrected chi connectivity index (χ1v) is 12.4. The molecule has 1 aromatic carbocycles. The summed E-state index contributed by atoms with van der Waals surface area (Å²) in [5, 5.41) is 12.2. The average Bonchev–Trinajstić information content (AvgIpc) is 3.36. The molecule has 0 saturated carbocycles. The van der Waals surface area contributed by atoms with Gasteiger partial charge in [-0.15, -0.1) is 0 Å². The fraction of sp³-hybridized carbons (Fsp3) is 0.423. The van der Waals surface area contributed by atoms with Crippen LogP contribution in [0.15, 0.2) is 70.5 Å². The van der Waals surface area contributed by atoms with Crippen LogP contribution in [0.25, 0.3) is 0 Å². The van der Waals surface area contributed by atoms with Crippen molar-refractivity contribution in [3.63, 3.8) is 0 Å². The summed E-state index contributed by atoms with van der Waals surface area (Å²) in [7, 11) is 3.17. The fourth-order valence-corrected chi connectivity index (χ4v) is 4.61. The van der Waals surface area contributed by atoms with Crippen LogP contribution < -0.4 is 4.74 Å². The number of carbonyl (C=O) groups excluding carboxylic acids is 2. The third kappa shape index (κ3) is 7.81. The summed E-state index contributed by atoms with van der Waals surface area (Å²) in [4.78, 5) is 29.1. The number of ketones is 1. The molecule has 1 aromatic heterocycles. The number of hydrogen-bond acceptors (Lipinski definition) is 8. The number of carbonyl (C=O) groups is 2. The molecule has 9 heteroatoms. The van der Waals surface area contributed by atoms with Crippen molar-refractivity contribution in [1.29, 1.82) is 0 Å². The monoisotopic (exact) mass is 500 g/mol. The van der Waals surface area contributed by atoms with Crippen molar-refractivity contribution in [2.75, 3.05) is 26.9 Å². The first kappa shape index (κ1) is 26.7. The molecule has 1 N–H and O–H groups in total. The maximum Gasteiger partial charge on any atom is 0.331 e. The molecule has 1 unspecified atom stereocenters. The Morgan fingerprint density at radius 1 is 1.20 bits per heavy atom. The number of esters is 1. The summed E-state index contributed by atoms with van der Waals surface area (Å²) in [5.41, 5.74) is -0.962. The van der Waals surface area contributed by atoms with Gasteiger partial charge < -0.3 is 23.9 Å². The molecule has 2 aromatic rings. The number of allylic oxidation sites excluding steroid dienone is 2. The lowest BCUT2D eigenvalue weighted by Gasteiger charge is -2.22. The van der Waals surface area contributed by atoms with Crippen LogP contribution in [0.3, 0.4) is 0 Å². The van der Waals surface area contributed by atoms with E-state index in [2.05, 4.69) is 9.72 Å². The Balaban J connectivity index is 1.60. The van der Waals surface area contributed by atoms with Gasteiger partial charge >= 0.3 is 5.97 Å². The number of rotatable bonds is 14. The largest absolute Gasteiger partial charge is 0.494 e. The summed E-state index contributed by atoms with van der Waals surface area (Å²) in [5.74, 6) is 0.197. The van der Waals surface area contributed by atoms with E-state index < -0.39 is 11.6 Å². The zero-order valence-corrected chi connectivity index (χ0v) is 21.0. The first-order chi connectivity index (χ1) is 16.9. The van der Waals surface area contributed by atoms with Crippen molar-refractivity contribution >= 4 is 23.5 Å². The molecular weight excluding hydrogens is 468 g/mol. The van der Waals surface area contributed by atoms with E-state index in [1.807, 2.05) is 48.1 Å². The molecule has 0 saturated heterocycles. The molecule has 0 amide bonds. The molecule has 1 heterocycles. The molecule has 3 rings (SSSR count). The van der Waals surface area contributed by atoms with E-state index in [1.165, 1.54) is 18.9 Å². The summed E-state index contributed by atoms with van der Waals surface area (Å²) in [6.07, 6.45) is 9.92. The lowest BCUT2D eigenvalue weighted by atomic mass is 9.90. The topological polar surface area (TPSA) is 99.9 Å². The molecule has 8 nitrogen and oxygen atoms in total. The molecular formula is C26H32N2O6S. The van der Waals surface area contributed by atoms with Crippen molar-refractivity contribution in [3.8, 4) is 5.75 Å². The van der Waals surface area contributed by atoms with Crippen molar-refractivity contribution in [3.05, 3.63) is 65.4 Å². The van der Waals surface area contributed by atoms with Crippen LogP contribution in [-0.4, -0.2) is 58.9 Å². The lowest BCUT2D eigenvalue weighted by Crippen LogP contribution is -2.28. The van der Waals surface area contributed by atoms with Gasteiger partial charge in [-0.25, -0.2) is 9.78 Å². The molecule has 188 valence electrons. The van der Waals surface area contributed by atoms with Gasteiger partial charge in [0.1, 0.15) is 18.0 Å². The Morgan fingerprint density at radius 2 is 2.00 bits per heavy atom. The third-order valence-corrected chi connectivity index (χ3v) is 6.64. The van der Waals surface area contributed by atoms with E-state index in [0.717, 1.165) is 12.2 Å². The van der Waals surface area contributed by atoms with Gasteiger partial charge in [0.15, 0.2) is 10.9 Å². The SMILES string of the molecule is COC(=O)COCCC/C=C1/C(=O)C(Sc2nccn2C)=CC1(O)CCCCOc1ccccc1. The molecule has 0 radical (unpaired) electrons. The highest BCUT2D eigenvalue weighted by molar-refractivity contribution is 8.03. The summed E-state index contributed by atoms with van der Waals surface area (Å²) >= 11 is 1.25. The Kier molecular flexibility index (Phi) is 10.1. The van der Waals surface area contributed by atoms with Gasteiger partial charge in [-0.3, -0.25) is 4.79 Å². The third-order valence-electron chi connectivity index (χ3n) is 5.54. The minimum atomic E-state index is -1.34. The van der Waals surface area contributed by atoms with E-state index >= 15 is 0 Å². The molecule has 0 aliphatic heterocycles. The van der Waals surface area contributed by atoms with Crippen molar-refractivity contribution in [1.82, 2.24) is 9.55 Å². The zero-order valence-electron chi connectivity index (χ0n) is 20.1. The zero-order chi connectivity index (χ0) is 25.1. The van der Waals surface area contributed by atoms with Crippen LogP contribution in [-0.2, 0) is 26.1 Å². The van der Waals surface area contributed by atoms with Crippen molar-refractivity contribution in [2.45, 2.75) is 42.9 Å². The van der Waals surface area contributed by atoms with Gasteiger partial charge in [0, 0.05) is 31.6 Å². The van der Waals surface area contributed by atoms with Crippen LogP contribution in [0.1, 0.15) is 32.1 Å². The van der Waals surface area contributed by atoms with Gasteiger partial charge in [0.05, 0.1) is 18.6 Å². The summed E-state index contributed by atoms with van der Waals surface area (Å²) in [6, 6.07) is 9.59. The van der Waals surface area contributed by atoms with Gasteiger partial charge in [-0.2, -0.15) is 0 Å². The van der Waals surface area contributed by atoms with E-state index in [0.29, 0.717) is 54.5 Å². The predicted molar refractivity (Wildman–Crippen MR) is 133 cm³/mol. The quantitative estimate of drug-likeness (QED) is 0.237. The standard InChI is InChI=1S/C26H32N2O6S/c1-28-15-14-27-25(28)35-22-18-26(31,13-7-9-17-34-20-10-4-3-5-11-20)21(24(22)30)12-6-8-16-33-19-23(29)32-2/h3-5,10-12,14-15,18,31H,6-9,13,16-17,19H2,1-2H3/b21-12-.